The number of amides is 1. The van der Waals surface area contributed by atoms with Gasteiger partial charge in [0.05, 0.1) is 16.0 Å². The van der Waals surface area contributed by atoms with Crippen LogP contribution in [0.15, 0.2) is 51.2 Å². The average Bonchev–Trinajstić information content (AvgIpc) is 2.78. The molecule has 0 bridgehead atoms. The number of benzene rings is 1. The van der Waals surface area contributed by atoms with Crippen molar-refractivity contribution in [2.45, 2.75) is 36.8 Å². The SMILES string of the molecule is Cc1ccc(S(=O)(=O)Nc2ccc(C(C)(CCON=C(N)N)C(N)=O)n(OC(=O)C(F)(F)F)c2=O)cc1. The molecule has 202 valence electrons. The molecule has 0 fully saturated rings. The van der Waals surface area contributed by atoms with Gasteiger partial charge < -0.3 is 26.9 Å². The Morgan fingerprint density at radius 1 is 1.08 bits per heavy atom. The highest BCUT2D eigenvalue weighted by Crippen LogP contribution is 2.28. The van der Waals surface area contributed by atoms with E-state index in [9.17, 15) is 36.0 Å². The summed E-state index contributed by atoms with van der Waals surface area (Å²) in [7, 11) is -4.39. The number of carbonyl (C=O) groups is 2. The first kappa shape index (κ1) is 29.0. The number of halogens is 3. The van der Waals surface area contributed by atoms with E-state index in [4.69, 9.17) is 22.0 Å². The number of primary amides is 1. The van der Waals surface area contributed by atoms with Gasteiger partial charge in [-0.15, -0.1) is 4.73 Å². The highest BCUT2D eigenvalue weighted by molar-refractivity contribution is 7.92. The van der Waals surface area contributed by atoms with E-state index >= 15 is 0 Å². The van der Waals surface area contributed by atoms with Crippen LogP contribution in [0.5, 0.6) is 0 Å². The van der Waals surface area contributed by atoms with Gasteiger partial charge >= 0.3 is 17.7 Å². The molecule has 0 aliphatic heterocycles. The molecule has 37 heavy (non-hydrogen) atoms. The minimum absolute atomic E-state index is 0.159. The summed E-state index contributed by atoms with van der Waals surface area (Å²) < 4.78 is 66.0. The minimum atomic E-state index is -5.55. The number of sulfonamides is 1. The van der Waals surface area contributed by atoms with Crippen LogP contribution < -0.4 is 32.3 Å². The quantitative estimate of drug-likeness (QED) is 0.134. The van der Waals surface area contributed by atoms with Crippen LogP contribution in [-0.4, -0.2) is 43.8 Å². The summed E-state index contributed by atoms with van der Waals surface area (Å²) in [5, 5.41) is 3.23. The third-order valence-corrected chi connectivity index (χ3v) is 6.38. The number of pyridine rings is 1. The number of nitrogens with zero attached hydrogens (tertiary/aromatic N) is 2. The minimum Gasteiger partial charge on any atom is -0.393 e. The van der Waals surface area contributed by atoms with Crippen molar-refractivity contribution in [3.63, 3.8) is 0 Å². The van der Waals surface area contributed by atoms with E-state index in [0.29, 0.717) is 0 Å². The molecule has 0 saturated heterocycles. The van der Waals surface area contributed by atoms with Gasteiger partial charge in [0.25, 0.3) is 10.0 Å². The van der Waals surface area contributed by atoms with Gasteiger partial charge in [-0.05, 0) is 43.3 Å². The van der Waals surface area contributed by atoms with Crippen molar-refractivity contribution in [3.8, 4) is 0 Å². The van der Waals surface area contributed by atoms with Crippen LogP contribution in [0.3, 0.4) is 0 Å². The first-order valence-electron chi connectivity index (χ1n) is 10.2. The van der Waals surface area contributed by atoms with E-state index in [1.165, 1.54) is 24.3 Å². The van der Waals surface area contributed by atoms with Crippen LogP contribution in [0.4, 0.5) is 18.9 Å². The van der Waals surface area contributed by atoms with Crippen molar-refractivity contribution < 1.29 is 40.9 Å². The Morgan fingerprint density at radius 3 is 2.19 bits per heavy atom. The summed E-state index contributed by atoms with van der Waals surface area (Å²) in [5.41, 5.74) is 11.5. The topological polar surface area (TPSA) is 211 Å². The van der Waals surface area contributed by atoms with Crippen molar-refractivity contribution in [1.82, 2.24) is 4.73 Å². The summed E-state index contributed by atoms with van der Waals surface area (Å²) in [6, 6.07) is 7.18. The van der Waals surface area contributed by atoms with Gasteiger partial charge in [0.2, 0.25) is 11.9 Å². The number of aryl methyl sites for hydroxylation is 1. The van der Waals surface area contributed by atoms with Gasteiger partial charge in [-0.25, -0.2) is 13.2 Å². The highest BCUT2D eigenvalue weighted by atomic mass is 32.2. The number of hydrogen-bond acceptors (Lipinski definition) is 8. The van der Waals surface area contributed by atoms with Crippen LogP contribution >= 0.6 is 0 Å². The average molecular weight is 549 g/mol. The monoisotopic (exact) mass is 548 g/mol. The van der Waals surface area contributed by atoms with Gasteiger partial charge in [-0.1, -0.05) is 17.7 Å². The molecule has 17 heteroatoms. The Balaban J connectivity index is 2.63. The first-order valence-corrected chi connectivity index (χ1v) is 11.6. The van der Waals surface area contributed by atoms with Crippen molar-refractivity contribution >= 4 is 33.5 Å². The summed E-state index contributed by atoms with van der Waals surface area (Å²) in [6.07, 6.45) is -5.95. The summed E-state index contributed by atoms with van der Waals surface area (Å²) in [5.74, 6) is -4.45. The zero-order chi connectivity index (χ0) is 28.2. The van der Waals surface area contributed by atoms with Crippen LogP contribution in [0.1, 0.15) is 24.6 Å². The Labute approximate surface area is 208 Å². The van der Waals surface area contributed by atoms with E-state index in [0.717, 1.165) is 24.6 Å². The van der Waals surface area contributed by atoms with Crippen molar-refractivity contribution in [1.29, 1.82) is 0 Å². The molecule has 0 spiro atoms. The normalized spacial score (nSPS) is 13.2. The zero-order valence-corrected chi connectivity index (χ0v) is 20.2. The number of oxime groups is 1. The molecule has 1 aromatic heterocycles. The van der Waals surface area contributed by atoms with Gasteiger partial charge in [0.1, 0.15) is 12.3 Å². The largest absolute Gasteiger partial charge is 0.493 e. The maximum atomic E-state index is 13.1. The molecule has 2 rings (SSSR count). The molecule has 1 amide bonds. The number of hydrogen-bond donors (Lipinski definition) is 4. The zero-order valence-electron chi connectivity index (χ0n) is 19.4. The van der Waals surface area contributed by atoms with Crippen molar-refractivity contribution in [3.05, 3.63) is 58.0 Å². The van der Waals surface area contributed by atoms with E-state index < -0.39 is 69.4 Å². The molecule has 7 N–H and O–H groups in total. The molecule has 0 aliphatic carbocycles. The smallest absolute Gasteiger partial charge is 0.393 e. The van der Waals surface area contributed by atoms with E-state index in [1.54, 1.807) is 6.92 Å². The molecular weight excluding hydrogens is 525 g/mol. The lowest BCUT2D eigenvalue weighted by Crippen LogP contribution is -2.48. The van der Waals surface area contributed by atoms with Crippen LogP contribution in [-0.2, 0) is 29.9 Å². The lowest BCUT2D eigenvalue weighted by Gasteiger charge is -2.28. The van der Waals surface area contributed by atoms with Gasteiger partial charge in [-0.3, -0.25) is 14.3 Å². The number of alkyl halides is 3. The molecule has 0 radical (unpaired) electrons. The van der Waals surface area contributed by atoms with Crippen LogP contribution in [0, 0.1) is 6.92 Å². The molecule has 13 nitrogen and oxygen atoms in total. The predicted molar refractivity (Wildman–Crippen MR) is 123 cm³/mol. The summed E-state index contributed by atoms with van der Waals surface area (Å²) >= 11 is 0. The van der Waals surface area contributed by atoms with Crippen LogP contribution in [0.2, 0.25) is 0 Å². The number of carbonyl (C=O) groups excluding carboxylic acids is 2. The fourth-order valence-electron chi connectivity index (χ4n) is 2.90. The second-order valence-electron chi connectivity index (χ2n) is 7.82. The van der Waals surface area contributed by atoms with E-state index in [2.05, 4.69) is 9.99 Å². The molecule has 1 unspecified atom stereocenters. The third-order valence-electron chi connectivity index (χ3n) is 5.00. The number of nitrogens with two attached hydrogens (primary N) is 3. The maximum Gasteiger partial charge on any atom is 0.493 e. The second-order valence-corrected chi connectivity index (χ2v) is 9.50. The number of nitrogens with one attached hydrogen (secondary N) is 1. The van der Waals surface area contributed by atoms with E-state index in [1.807, 2.05) is 4.72 Å². The Hall–Kier alpha value is -4.28. The fourth-order valence-corrected chi connectivity index (χ4v) is 3.96. The standard InChI is InChI=1S/C20H23F3N6O7S/c1-11-3-5-12(6-4-11)37(33,34)28-13-7-8-14(29(15(13)30)36-17(32)20(21,22)23)19(2,16(24)31)9-10-35-27-18(25)26/h3-8,28H,9-10H2,1-2H3,(H2,24,31)(H4,25,26,27). The van der Waals surface area contributed by atoms with Gasteiger partial charge in [0.15, 0.2) is 0 Å². The Morgan fingerprint density at radius 2 is 1.68 bits per heavy atom. The second kappa shape index (κ2) is 10.8. The molecule has 1 aromatic carbocycles. The lowest BCUT2D eigenvalue weighted by atomic mass is 9.82. The van der Waals surface area contributed by atoms with Gasteiger partial charge in [0, 0.05) is 6.42 Å². The van der Waals surface area contributed by atoms with Crippen LogP contribution in [0.25, 0.3) is 0 Å². The first-order chi connectivity index (χ1) is 17.0. The maximum absolute atomic E-state index is 13.1. The summed E-state index contributed by atoms with van der Waals surface area (Å²) in [6.45, 7) is 2.41. The number of guanidine groups is 1. The molecule has 1 heterocycles. The van der Waals surface area contributed by atoms with Crippen molar-refractivity contribution in [2.75, 3.05) is 11.3 Å². The Bertz CT molecular complexity index is 1370. The summed E-state index contributed by atoms with van der Waals surface area (Å²) in [4.78, 5) is 45.7. The molecule has 2 aromatic rings. The highest BCUT2D eigenvalue weighted by Gasteiger charge is 2.44. The third kappa shape index (κ3) is 6.90. The predicted octanol–water partition coefficient (Wildman–Crippen LogP) is -0.187. The molecular formula is C20H23F3N6O7S. The number of rotatable bonds is 10. The fraction of sp³-hybridized carbons (Fsp3) is 0.300. The van der Waals surface area contributed by atoms with Crippen molar-refractivity contribution in [2.24, 2.45) is 22.4 Å². The Kier molecular flexibility index (Phi) is 8.43. The number of aromatic nitrogens is 1. The number of anilines is 1. The van der Waals surface area contributed by atoms with E-state index in [-0.39, 0.29) is 9.63 Å². The molecule has 0 aliphatic rings. The molecule has 1 atom stereocenters. The molecule has 0 saturated carbocycles. The van der Waals surface area contributed by atoms with Gasteiger partial charge in [-0.2, -0.15) is 13.2 Å². The lowest BCUT2D eigenvalue weighted by molar-refractivity contribution is -0.200.